The minimum absolute atomic E-state index is 0.227. The normalized spacial score (nSPS) is 15.5. The van der Waals surface area contributed by atoms with Crippen LogP contribution in [0.4, 0.5) is 11.4 Å². The van der Waals surface area contributed by atoms with Crippen LogP contribution < -0.4 is 20.4 Å². The summed E-state index contributed by atoms with van der Waals surface area (Å²) in [5.41, 5.74) is 4.73. The highest BCUT2D eigenvalue weighted by molar-refractivity contribution is 5.88. The number of nitrogens with zero attached hydrogens (tertiary/aromatic N) is 2. The van der Waals surface area contributed by atoms with Crippen LogP contribution in [-0.2, 0) is 16.0 Å². The number of benzene rings is 2. The summed E-state index contributed by atoms with van der Waals surface area (Å²) in [7, 11) is 4.01. The molecule has 0 bridgehead atoms. The average Bonchev–Trinajstić information content (AvgIpc) is 2.91. The molecule has 2 aromatic carbocycles. The summed E-state index contributed by atoms with van der Waals surface area (Å²) in [6.45, 7) is 3.60. The van der Waals surface area contributed by atoms with Crippen LogP contribution in [0.3, 0.4) is 0 Å². The number of anilines is 2. The topological polar surface area (TPSA) is 114 Å². The summed E-state index contributed by atoms with van der Waals surface area (Å²) in [6.07, 6.45) is 1.55. The lowest BCUT2D eigenvalue weighted by atomic mass is 9.91. The number of hydrogen-bond donors (Lipinski definition) is 4. The Balaban J connectivity index is 1.56. The summed E-state index contributed by atoms with van der Waals surface area (Å²) >= 11 is 0. The van der Waals surface area contributed by atoms with Crippen LogP contribution in [0.25, 0.3) is 0 Å². The minimum Gasteiger partial charge on any atom is -0.494 e. The van der Waals surface area contributed by atoms with Crippen molar-refractivity contribution in [1.29, 1.82) is 0 Å². The van der Waals surface area contributed by atoms with Gasteiger partial charge in [0.15, 0.2) is 0 Å². The quantitative estimate of drug-likeness (QED) is 0.255. The number of carbonyl (C=O) groups is 2. The van der Waals surface area contributed by atoms with Gasteiger partial charge in [0.2, 0.25) is 5.91 Å². The molecule has 0 aliphatic carbocycles. The highest BCUT2D eigenvalue weighted by Crippen LogP contribution is 2.24. The number of aryl methyl sites for hydroxylation is 1. The number of nitrogens with one attached hydrogen (secondary N) is 2. The lowest BCUT2D eigenvalue weighted by Gasteiger charge is -2.35. The van der Waals surface area contributed by atoms with Crippen molar-refractivity contribution in [2.45, 2.75) is 51.2 Å². The van der Waals surface area contributed by atoms with Gasteiger partial charge in [-0.15, -0.1) is 0 Å². The number of piperidine rings is 1. The first-order chi connectivity index (χ1) is 17.8. The molecular weight excluding hydrogens is 472 g/mol. The molecule has 2 amide bonds. The van der Waals surface area contributed by atoms with E-state index in [4.69, 9.17) is 9.94 Å². The van der Waals surface area contributed by atoms with E-state index in [0.717, 1.165) is 35.5 Å². The first-order valence-corrected chi connectivity index (χ1v) is 13.0. The molecule has 2 atom stereocenters. The molecule has 1 unspecified atom stereocenters. The number of ether oxygens (including phenoxy) is 1. The predicted molar refractivity (Wildman–Crippen MR) is 144 cm³/mol. The zero-order chi connectivity index (χ0) is 26.8. The maximum Gasteiger partial charge on any atom is 0.272 e. The van der Waals surface area contributed by atoms with Crippen molar-refractivity contribution in [2.24, 2.45) is 5.92 Å². The molecule has 4 N–H and O–H groups in total. The van der Waals surface area contributed by atoms with Gasteiger partial charge in [-0.3, -0.25) is 14.8 Å². The number of carbonyl (C=O) groups excluding carboxylic acids is 2. The fourth-order valence-electron chi connectivity index (χ4n) is 4.70. The zero-order valence-electron chi connectivity index (χ0n) is 22.0. The van der Waals surface area contributed by atoms with Gasteiger partial charge in [0.1, 0.15) is 11.9 Å². The molecule has 0 spiro atoms. The van der Waals surface area contributed by atoms with Crippen molar-refractivity contribution in [1.82, 2.24) is 10.4 Å². The van der Waals surface area contributed by atoms with Crippen molar-refractivity contribution < 1.29 is 24.6 Å². The molecule has 9 nitrogen and oxygen atoms in total. The number of aliphatic hydroxyl groups excluding tert-OH is 1. The number of hydroxylamine groups is 1. The van der Waals surface area contributed by atoms with E-state index in [1.165, 1.54) is 5.48 Å². The zero-order valence-corrected chi connectivity index (χ0v) is 22.0. The summed E-state index contributed by atoms with van der Waals surface area (Å²) in [5, 5.41) is 23.1. The van der Waals surface area contributed by atoms with Gasteiger partial charge in [-0.1, -0.05) is 18.2 Å². The molecule has 0 aromatic heterocycles. The highest BCUT2D eigenvalue weighted by Gasteiger charge is 2.36. The van der Waals surface area contributed by atoms with Crippen molar-refractivity contribution in [2.75, 3.05) is 44.0 Å². The van der Waals surface area contributed by atoms with E-state index in [2.05, 4.69) is 22.3 Å². The smallest absolute Gasteiger partial charge is 0.272 e. The Morgan fingerprint density at radius 1 is 1.14 bits per heavy atom. The molecule has 1 heterocycles. The summed E-state index contributed by atoms with van der Waals surface area (Å²) in [6, 6.07) is 16.2. The van der Waals surface area contributed by atoms with Crippen LogP contribution in [0, 0.1) is 5.92 Å². The molecule has 1 saturated heterocycles. The fraction of sp³-hybridized carbons (Fsp3) is 0.500. The van der Waals surface area contributed by atoms with Crippen LogP contribution in [0.1, 0.15) is 38.2 Å². The van der Waals surface area contributed by atoms with Gasteiger partial charge in [-0.25, -0.2) is 5.48 Å². The molecule has 3 rings (SSSR count). The molecule has 0 saturated carbocycles. The summed E-state index contributed by atoms with van der Waals surface area (Å²) in [5.74, 6) is -1.33. The Hall–Kier alpha value is -3.30. The maximum absolute atomic E-state index is 13.4. The number of hydrogen-bond acceptors (Lipinski definition) is 7. The van der Waals surface area contributed by atoms with E-state index in [9.17, 15) is 14.7 Å². The summed E-state index contributed by atoms with van der Waals surface area (Å²) in [4.78, 5) is 29.1. The van der Waals surface area contributed by atoms with Gasteiger partial charge in [0, 0.05) is 44.6 Å². The SMILES string of the molecule is CCOc1ccc(CCCC(C(=O)N2CCC(Nc3cccc(N(C)C)c3)CC2)[C@H](O)C(=O)NO)cc1. The summed E-state index contributed by atoms with van der Waals surface area (Å²) < 4.78 is 5.47. The second-order valence-corrected chi connectivity index (χ2v) is 9.69. The van der Waals surface area contributed by atoms with Crippen molar-refractivity contribution >= 4 is 23.2 Å². The van der Waals surface area contributed by atoms with E-state index < -0.39 is 17.9 Å². The van der Waals surface area contributed by atoms with Crippen LogP contribution in [0.2, 0.25) is 0 Å². The van der Waals surface area contributed by atoms with Crippen LogP contribution in [0.15, 0.2) is 48.5 Å². The van der Waals surface area contributed by atoms with E-state index in [1.807, 2.05) is 57.4 Å². The first-order valence-electron chi connectivity index (χ1n) is 13.0. The van der Waals surface area contributed by atoms with Crippen molar-refractivity contribution in [3.05, 3.63) is 54.1 Å². The van der Waals surface area contributed by atoms with Gasteiger partial charge < -0.3 is 25.0 Å². The number of rotatable bonds is 12. The third kappa shape index (κ3) is 8.10. The Labute approximate surface area is 219 Å². The number of amides is 2. The second-order valence-electron chi connectivity index (χ2n) is 9.69. The van der Waals surface area contributed by atoms with Gasteiger partial charge in [-0.05, 0) is 74.9 Å². The molecule has 1 aliphatic rings. The first kappa shape index (κ1) is 28.3. The van der Waals surface area contributed by atoms with Crippen LogP contribution in [0.5, 0.6) is 5.75 Å². The molecule has 202 valence electrons. The van der Waals surface area contributed by atoms with Gasteiger partial charge in [0.25, 0.3) is 5.91 Å². The number of aliphatic hydroxyl groups is 1. The Morgan fingerprint density at radius 2 is 1.84 bits per heavy atom. The second kappa shape index (κ2) is 13.9. The molecule has 1 aliphatic heterocycles. The lowest BCUT2D eigenvalue weighted by Crippen LogP contribution is -2.50. The molecule has 9 heteroatoms. The van der Waals surface area contributed by atoms with Crippen LogP contribution in [-0.4, -0.2) is 73.0 Å². The molecule has 2 aromatic rings. The van der Waals surface area contributed by atoms with Crippen LogP contribution >= 0.6 is 0 Å². The molecule has 37 heavy (non-hydrogen) atoms. The molecule has 0 radical (unpaired) electrons. The Morgan fingerprint density at radius 3 is 2.46 bits per heavy atom. The fourth-order valence-corrected chi connectivity index (χ4v) is 4.70. The lowest BCUT2D eigenvalue weighted by molar-refractivity contribution is -0.151. The molecule has 1 fully saturated rings. The van der Waals surface area contributed by atoms with Gasteiger partial charge >= 0.3 is 0 Å². The van der Waals surface area contributed by atoms with E-state index in [0.29, 0.717) is 39.0 Å². The third-order valence-electron chi connectivity index (χ3n) is 6.83. The van der Waals surface area contributed by atoms with E-state index in [-0.39, 0.29) is 11.9 Å². The predicted octanol–water partition coefficient (Wildman–Crippen LogP) is 3.06. The van der Waals surface area contributed by atoms with Crippen molar-refractivity contribution in [3.63, 3.8) is 0 Å². The highest BCUT2D eigenvalue weighted by atomic mass is 16.5. The van der Waals surface area contributed by atoms with Gasteiger partial charge in [0.05, 0.1) is 12.5 Å². The Bertz CT molecular complexity index is 1010. The number of likely N-dealkylation sites (tertiary alicyclic amines) is 1. The largest absolute Gasteiger partial charge is 0.494 e. The average molecular weight is 513 g/mol. The monoisotopic (exact) mass is 512 g/mol. The molecular formula is C28H40N4O5. The van der Waals surface area contributed by atoms with E-state index in [1.54, 1.807) is 4.90 Å². The minimum atomic E-state index is -1.61. The van der Waals surface area contributed by atoms with Gasteiger partial charge in [-0.2, -0.15) is 0 Å². The third-order valence-corrected chi connectivity index (χ3v) is 6.83. The maximum atomic E-state index is 13.4. The standard InChI is InChI=1S/C28H40N4O5/c1-4-37-24-13-11-20(12-14-24)7-5-10-25(26(33)27(34)30-36)28(35)32-17-15-21(16-18-32)29-22-8-6-9-23(19-22)31(2)3/h6,8-9,11-14,19,21,25-26,29,33,36H,4-5,7,10,15-18H2,1-3H3,(H,30,34)/t25?,26-/m0/s1. The van der Waals surface area contributed by atoms with E-state index >= 15 is 0 Å². The van der Waals surface area contributed by atoms with Crippen molar-refractivity contribution in [3.8, 4) is 5.75 Å². The Kier molecular flexibility index (Phi) is 10.6.